The van der Waals surface area contributed by atoms with E-state index in [1.807, 2.05) is 25.1 Å². The van der Waals surface area contributed by atoms with Crippen molar-refractivity contribution in [2.45, 2.75) is 39.2 Å². The second-order valence-electron chi connectivity index (χ2n) is 7.51. The van der Waals surface area contributed by atoms with Crippen LogP contribution in [0.15, 0.2) is 51.7 Å². The topological polar surface area (TPSA) is 82.8 Å². The highest BCUT2D eigenvalue weighted by Gasteiger charge is 2.21. The SMILES string of the molecule is Cc1ccc(C(=O)[C@H](C)OC(=O)COc2ccc3c4c(c(=O)oc3c2)CCC4)cc1. The molecule has 1 aliphatic rings. The molecule has 3 aromatic rings. The van der Waals surface area contributed by atoms with Crippen LogP contribution in [0.3, 0.4) is 0 Å². The molecule has 30 heavy (non-hydrogen) atoms. The molecule has 1 aromatic heterocycles. The van der Waals surface area contributed by atoms with Gasteiger partial charge in [-0.15, -0.1) is 0 Å². The number of carbonyl (C=O) groups is 2. The van der Waals surface area contributed by atoms with Gasteiger partial charge in [-0.25, -0.2) is 9.59 Å². The van der Waals surface area contributed by atoms with E-state index in [1.54, 1.807) is 24.3 Å². The smallest absolute Gasteiger partial charge is 0.344 e. The van der Waals surface area contributed by atoms with Gasteiger partial charge in [0.2, 0.25) is 5.78 Å². The third-order valence-electron chi connectivity index (χ3n) is 5.32. The van der Waals surface area contributed by atoms with Gasteiger partial charge in [-0.1, -0.05) is 29.8 Å². The molecule has 0 fully saturated rings. The van der Waals surface area contributed by atoms with Crippen molar-refractivity contribution < 1.29 is 23.5 Å². The largest absolute Gasteiger partial charge is 0.482 e. The predicted molar refractivity (Wildman–Crippen MR) is 111 cm³/mol. The Bertz CT molecular complexity index is 1170. The lowest BCUT2D eigenvalue weighted by Crippen LogP contribution is -2.27. The fourth-order valence-corrected chi connectivity index (χ4v) is 3.73. The van der Waals surface area contributed by atoms with Gasteiger partial charge in [-0.05, 0) is 50.8 Å². The van der Waals surface area contributed by atoms with Gasteiger partial charge in [0, 0.05) is 22.6 Å². The number of benzene rings is 2. The van der Waals surface area contributed by atoms with Crippen LogP contribution in [0, 0.1) is 6.92 Å². The predicted octanol–water partition coefficient (Wildman–Crippen LogP) is 3.78. The molecule has 6 heteroatoms. The van der Waals surface area contributed by atoms with Gasteiger partial charge in [0.25, 0.3) is 0 Å². The van der Waals surface area contributed by atoms with Crippen molar-refractivity contribution in [1.29, 1.82) is 0 Å². The van der Waals surface area contributed by atoms with Gasteiger partial charge in [0.1, 0.15) is 11.3 Å². The minimum Gasteiger partial charge on any atom is -0.482 e. The molecular formula is C24H22O6. The number of ketones is 1. The lowest BCUT2D eigenvalue weighted by Gasteiger charge is -2.13. The molecule has 2 aromatic carbocycles. The first-order valence-electron chi connectivity index (χ1n) is 9.94. The zero-order valence-electron chi connectivity index (χ0n) is 16.9. The summed E-state index contributed by atoms with van der Waals surface area (Å²) >= 11 is 0. The van der Waals surface area contributed by atoms with E-state index in [2.05, 4.69) is 0 Å². The van der Waals surface area contributed by atoms with E-state index in [9.17, 15) is 14.4 Å². The van der Waals surface area contributed by atoms with Crippen LogP contribution in [0.25, 0.3) is 11.0 Å². The molecule has 0 unspecified atom stereocenters. The first-order valence-corrected chi connectivity index (χ1v) is 9.94. The zero-order valence-corrected chi connectivity index (χ0v) is 16.9. The van der Waals surface area contributed by atoms with E-state index >= 15 is 0 Å². The van der Waals surface area contributed by atoms with Gasteiger partial charge in [-0.3, -0.25) is 4.79 Å². The highest BCUT2D eigenvalue weighted by atomic mass is 16.6. The molecule has 0 aliphatic heterocycles. The summed E-state index contributed by atoms with van der Waals surface area (Å²) in [6.07, 6.45) is 1.64. The Morgan fingerprint density at radius 3 is 2.57 bits per heavy atom. The minimum absolute atomic E-state index is 0.273. The summed E-state index contributed by atoms with van der Waals surface area (Å²) in [6, 6.07) is 12.2. The third-order valence-corrected chi connectivity index (χ3v) is 5.32. The van der Waals surface area contributed by atoms with E-state index in [0.29, 0.717) is 16.9 Å². The number of ether oxygens (including phenoxy) is 2. The van der Waals surface area contributed by atoms with Crippen molar-refractivity contribution in [2.75, 3.05) is 6.61 Å². The molecule has 0 saturated carbocycles. The van der Waals surface area contributed by atoms with Crippen LogP contribution in [0.2, 0.25) is 0 Å². The average Bonchev–Trinajstić information content (AvgIpc) is 3.23. The molecule has 1 aliphatic carbocycles. The summed E-state index contributed by atoms with van der Waals surface area (Å²) in [5.41, 5.74) is 3.45. The Balaban J connectivity index is 1.39. The Morgan fingerprint density at radius 2 is 1.80 bits per heavy atom. The van der Waals surface area contributed by atoms with Crippen LogP contribution in [0.1, 0.15) is 40.4 Å². The van der Waals surface area contributed by atoms with Gasteiger partial charge in [0.05, 0.1) is 0 Å². The van der Waals surface area contributed by atoms with Crippen molar-refractivity contribution in [3.63, 3.8) is 0 Å². The summed E-state index contributed by atoms with van der Waals surface area (Å²) in [7, 11) is 0. The van der Waals surface area contributed by atoms with Crippen LogP contribution in [-0.4, -0.2) is 24.5 Å². The van der Waals surface area contributed by atoms with Crippen LogP contribution in [-0.2, 0) is 22.4 Å². The van der Waals surface area contributed by atoms with Crippen molar-refractivity contribution >= 4 is 22.7 Å². The third kappa shape index (κ3) is 3.99. The quantitative estimate of drug-likeness (QED) is 0.352. The molecule has 6 nitrogen and oxygen atoms in total. The van der Waals surface area contributed by atoms with E-state index in [0.717, 1.165) is 41.3 Å². The Hall–Kier alpha value is -3.41. The van der Waals surface area contributed by atoms with Crippen LogP contribution >= 0.6 is 0 Å². The highest BCUT2D eigenvalue weighted by Crippen LogP contribution is 2.29. The van der Waals surface area contributed by atoms with E-state index < -0.39 is 12.1 Å². The molecule has 1 heterocycles. The zero-order chi connectivity index (χ0) is 21.3. The van der Waals surface area contributed by atoms with Crippen molar-refractivity contribution in [3.8, 4) is 5.75 Å². The van der Waals surface area contributed by atoms with Crippen molar-refractivity contribution in [2.24, 2.45) is 0 Å². The van der Waals surface area contributed by atoms with Crippen LogP contribution in [0.5, 0.6) is 5.75 Å². The number of fused-ring (bicyclic) bond motifs is 3. The first-order chi connectivity index (χ1) is 14.4. The second-order valence-corrected chi connectivity index (χ2v) is 7.51. The molecule has 0 radical (unpaired) electrons. The number of Topliss-reactive ketones (excluding diaryl/α,β-unsaturated/α-hetero) is 1. The van der Waals surface area contributed by atoms with Gasteiger partial charge in [0.15, 0.2) is 12.7 Å². The molecule has 0 N–H and O–H groups in total. The summed E-state index contributed by atoms with van der Waals surface area (Å²) in [5, 5.41) is 0.898. The number of hydrogen-bond acceptors (Lipinski definition) is 6. The van der Waals surface area contributed by atoms with Gasteiger partial charge >= 0.3 is 11.6 Å². The van der Waals surface area contributed by atoms with Crippen LogP contribution in [0.4, 0.5) is 0 Å². The normalized spacial score (nSPS) is 13.7. The van der Waals surface area contributed by atoms with Crippen molar-refractivity contribution in [3.05, 3.63) is 75.1 Å². The molecule has 1 atom stereocenters. The van der Waals surface area contributed by atoms with Gasteiger partial charge in [-0.2, -0.15) is 0 Å². The average molecular weight is 406 g/mol. The van der Waals surface area contributed by atoms with Crippen molar-refractivity contribution in [1.82, 2.24) is 0 Å². The Kier molecular flexibility index (Phi) is 5.40. The molecular weight excluding hydrogens is 384 g/mol. The number of hydrogen-bond donors (Lipinski definition) is 0. The van der Waals surface area contributed by atoms with E-state index in [4.69, 9.17) is 13.9 Å². The highest BCUT2D eigenvalue weighted by molar-refractivity contribution is 6.00. The maximum atomic E-state index is 12.4. The van der Waals surface area contributed by atoms with Crippen LogP contribution < -0.4 is 10.4 Å². The summed E-state index contributed by atoms with van der Waals surface area (Å²) < 4.78 is 16.1. The fraction of sp³-hybridized carbons (Fsp3) is 0.292. The first kappa shape index (κ1) is 19.9. The Labute approximate surface area is 173 Å². The summed E-state index contributed by atoms with van der Waals surface area (Å²) in [6.45, 7) is 3.11. The molecule has 0 bridgehead atoms. The number of aryl methyl sites for hydroxylation is 2. The maximum absolute atomic E-state index is 12.4. The molecule has 4 rings (SSSR count). The standard InChI is InChI=1S/C24H22O6/c1-14-6-8-16(9-7-14)23(26)15(2)29-22(25)13-28-17-10-11-19-18-4-3-5-20(18)24(27)30-21(19)12-17/h6-12,15H,3-5,13H2,1-2H3/t15-/m0/s1. The summed E-state index contributed by atoms with van der Waals surface area (Å²) in [5.74, 6) is -0.541. The fourth-order valence-electron chi connectivity index (χ4n) is 3.73. The molecule has 0 saturated heterocycles. The molecule has 154 valence electrons. The molecule has 0 spiro atoms. The monoisotopic (exact) mass is 406 g/mol. The lowest BCUT2D eigenvalue weighted by atomic mass is 10.1. The maximum Gasteiger partial charge on any atom is 0.344 e. The summed E-state index contributed by atoms with van der Waals surface area (Å²) in [4.78, 5) is 36.6. The number of rotatable bonds is 6. The Morgan fingerprint density at radius 1 is 1.07 bits per heavy atom. The van der Waals surface area contributed by atoms with Gasteiger partial charge < -0.3 is 13.9 Å². The van der Waals surface area contributed by atoms with E-state index in [1.165, 1.54) is 6.92 Å². The lowest BCUT2D eigenvalue weighted by molar-refractivity contribution is -0.148. The number of carbonyl (C=O) groups excluding carboxylic acids is 2. The van der Waals surface area contributed by atoms with E-state index in [-0.39, 0.29) is 18.0 Å². The molecule has 0 amide bonds. The number of esters is 1. The second kappa shape index (κ2) is 8.14. The minimum atomic E-state index is -0.916.